The lowest BCUT2D eigenvalue weighted by Gasteiger charge is -2.20. The van der Waals surface area contributed by atoms with Crippen molar-refractivity contribution in [3.63, 3.8) is 0 Å². The molecule has 1 aromatic rings. The van der Waals surface area contributed by atoms with Crippen LogP contribution in [0.1, 0.15) is 31.9 Å². The highest BCUT2D eigenvalue weighted by Gasteiger charge is 2.14. The van der Waals surface area contributed by atoms with E-state index in [9.17, 15) is 0 Å². The van der Waals surface area contributed by atoms with Crippen LogP contribution in [0.15, 0.2) is 24.3 Å². The van der Waals surface area contributed by atoms with Crippen molar-refractivity contribution in [1.29, 1.82) is 0 Å². The molecular weight excluding hydrogens is 232 g/mol. The van der Waals surface area contributed by atoms with E-state index in [4.69, 9.17) is 10.6 Å². The van der Waals surface area contributed by atoms with E-state index in [1.807, 2.05) is 43.8 Å². The Morgan fingerprint density at radius 3 is 2.65 bits per heavy atom. The minimum atomic E-state index is 0.150. The fraction of sp³-hybridized carbons (Fsp3) is 0.538. The van der Waals surface area contributed by atoms with Crippen molar-refractivity contribution in [1.82, 2.24) is 5.43 Å². The minimum absolute atomic E-state index is 0.150. The summed E-state index contributed by atoms with van der Waals surface area (Å²) in [5.74, 6) is 7.63. The highest BCUT2D eigenvalue weighted by atomic mass is 32.2. The smallest absolute Gasteiger partial charge is 0.124 e. The molecule has 96 valence electrons. The number of para-hydroxylation sites is 1. The summed E-state index contributed by atoms with van der Waals surface area (Å²) in [6, 6.07) is 8.23. The van der Waals surface area contributed by atoms with Crippen LogP contribution in [0.4, 0.5) is 0 Å². The van der Waals surface area contributed by atoms with Crippen LogP contribution in [0.25, 0.3) is 0 Å². The maximum absolute atomic E-state index is 5.81. The molecular formula is C13H22N2OS. The van der Waals surface area contributed by atoms with Crippen LogP contribution < -0.4 is 16.0 Å². The summed E-state index contributed by atoms with van der Waals surface area (Å²) < 4.78 is 5.81. The number of nitrogens with two attached hydrogens (primary N) is 1. The molecule has 1 unspecified atom stereocenters. The Kier molecular flexibility index (Phi) is 6.40. The average Bonchev–Trinajstić information content (AvgIpc) is 2.31. The molecule has 0 spiro atoms. The average molecular weight is 254 g/mol. The van der Waals surface area contributed by atoms with Gasteiger partial charge in [-0.15, -0.1) is 0 Å². The van der Waals surface area contributed by atoms with Crippen LogP contribution in [0, 0.1) is 0 Å². The molecule has 0 heterocycles. The number of hydrogen-bond donors (Lipinski definition) is 2. The standard InChI is InChI=1S/C13H22N2OS/c1-10(2)16-13-7-5-4-6-11(13)12(15-14)8-9-17-3/h4-7,10,12,15H,8-9,14H2,1-3H3. The van der Waals surface area contributed by atoms with Crippen molar-refractivity contribution in [3.05, 3.63) is 29.8 Å². The van der Waals surface area contributed by atoms with Crippen LogP contribution >= 0.6 is 11.8 Å². The molecule has 0 saturated carbocycles. The predicted octanol–water partition coefficient (Wildman–Crippen LogP) is 2.73. The van der Waals surface area contributed by atoms with E-state index in [0.717, 1.165) is 23.5 Å². The lowest BCUT2D eigenvalue weighted by molar-refractivity contribution is 0.237. The first-order valence-corrected chi connectivity index (χ1v) is 7.29. The summed E-state index contributed by atoms with van der Waals surface area (Å²) in [6.45, 7) is 4.06. The summed E-state index contributed by atoms with van der Waals surface area (Å²) in [6.07, 6.45) is 3.27. The first-order valence-electron chi connectivity index (χ1n) is 5.89. The molecule has 0 amide bonds. The van der Waals surface area contributed by atoms with Gasteiger partial charge < -0.3 is 4.74 Å². The van der Waals surface area contributed by atoms with Crippen molar-refractivity contribution in [2.75, 3.05) is 12.0 Å². The van der Waals surface area contributed by atoms with E-state index in [1.165, 1.54) is 0 Å². The van der Waals surface area contributed by atoms with Crippen molar-refractivity contribution < 1.29 is 4.74 Å². The summed E-state index contributed by atoms with van der Waals surface area (Å²) >= 11 is 1.82. The number of thioether (sulfide) groups is 1. The third kappa shape index (κ3) is 4.58. The monoisotopic (exact) mass is 254 g/mol. The Hall–Kier alpha value is -0.710. The van der Waals surface area contributed by atoms with Crippen LogP contribution in [-0.2, 0) is 0 Å². The third-order valence-corrected chi connectivity index (χ3v) is 3.11. The van der Waals surface area contributed by atoms with Crippen LogP contribution in [-0.4, -0.2) is 18.1 Å². The largest absolute Gasteiger partial charge is 0.491 e. The zero-order valence-electron chi connectivity index (χ0n) is 10.8. The zero-order chi connectivity index (χ0) is 12.7. The number of rotatable bonds is 7. The Morgan fingerprint density at radius 2 is 2.06 bits per heavy atom. The maximum Gasteiger partial charge on any atom is 0.124 e. The molecule has 0 aliphatic carbocycles. The van der Waals surface area contributed by atoms with Gasteiger partial charge >= 0.3 is 0 Å². The Bertz CT molecular complexity index is 331. The minimum Gasteiger partial charge on any atom is -0.491 e. The third-order valence-electron chi connectivity index (χ3n) is 2.47. The highest BCUT2D eigenvalue weighted by molar-refractivity contribution is 7.98. The van der Waals surface area contributed by atoms with Crippen molar-refractivity contribution in [2.45, 2.75) is 32.4 Å². The lowest BCUT2D eigenvalue weighted by Crippen LogP contribution is -2.29. The van der Waals surface area contributed by atoms with Crippen molar-refractivity contribution in [2.24, 2.45) is 5.84 Å². The zero-order valence-corrected chi connectivity index (χ0v) is 11.6. The molecule has 0 aliphatic rings. The fourth-order valence-electron chi connectivity index (χ4n) is 1.69. The SMILES string of the molecule is CSCCC(NN)c1ccccc1OC(C)C. The van der Waals surface area contributed by atoms with E-state index < -0.39 is 0 Å². The fourth-order valence-corrected chi connectivity index (χ4v) is 2.17. The van der Waals surface area contributed by atoms with Gasteiger partial charge in [-0.05, 0) is 38.3 Å². The Balaban J connectivity index is 2.85. The molecule has 0 aliphatic heterocycles. The van der Waals surface area contributed by atoms with Crippen molar-refractivity contribution in [3.8, 4) is 5.75 Å². The summed E-state index contributed by atoms with van der Waals surface area (Å²) in [4.78, 5) is 0. The van der Waals surface area contributed by atoms with Crippen LogP contribution in [0.5, 0.6) is 5.75 Å². The van der Waals surface area contributed by atoms with Gasteiger partial charge in [0, 0.05) is 5.56 Å². The van der Waals surface area contributed by atoms with Crippen LogP contribution in [0.2, 0.25) is 0 Å². The molecule has 0 saturated heterocycles. The molecule has 0 radical (unpaired) electrons. The molecule has 1 rings (SSSR count). The normalized spacial score (nSPS) is 12.8. The summed E-state index contributed by atoms with van der Waals surface area (Å²) in [7, 11) is 0. The van der Waals surface area contributed by atoms with Gasteiger partial charge in [0.05, 0.1) is 12.1 Å². The Labute approximate surface area is 108 Å². The van der Waals surface area contributed by atoms with Gasteiger partial charge in [-0.3, -0.25) is 11.3 Å². The van der Waals surface area contributed by atoms with Gasteiger partial charge in [-0.1, -0.05) is 18.2 Å². The van der Waals surface area contributed by atoms with Gasteiger partial charge in [0.1, 0.15) is 5.75 Å². The number of nitrogens with one attached hydrogen (secondary N) is 1. The molecule has 1 aromatic carbocycles. The van der Waals surface area contributed by atoms with Gasteiger partial charge in [0.2, 0.25) is 0 Å². The van der Waals surface area contributed by atoms with Crippen molar-refractivity contribution >= 4 is 11.8 Å². The van der Waals surface area contributed by atoms with Gasteiger partial charge in [-0.2, -0.15) is 11.8 Å². The topological polar surface area (TPSA) is 47.3 Å². The molecule has 0 bridgehead atoms. The molecule has 0 aromatic heterocycles. The first kappa shape index (κ1) is 14.4. The summed E-state index contributed by atoms with van der Waals surface area (Å²) in [5, 5.41) is 0. The van der Waals surface area contributed by atoms with E-state index in [0.29, 0.717) is 0 Å². The number of ether oxygens (including phenoxy) is 1. The number of benzene rings is 1. The second-order valence-corrected chi connectivity index (χ2v) is 5.19. The lowest BCUT2D eigenvalue weighted by atomic mass is 10.0. The molecule has 3 nitrogen and oxygen atoms in total. The molecule has 17 heavy (non-hydrogen) atoms. The molecule has 1 atom stereocenters. The van der Waals surface area contributed by atoms with Gasteiger partial charge in [0.15, 0.2) is 0 Å². The Morgan fingerprint density at radius 1 is 1.35 bits per heavy atom. The van der Waals surface area contributed by atoms with E-state index >= 15 is 0 Å². The second-order valence-electron chi connectivity index (χ2n) is 4.21. The van der Waals surface area contributed by atoms with E-state index in [-0.39, 0.29) is 12.1 Å². The first-order chi connectivity index (χ1) is 8.19. The van der Waals surface area contributed by atoms with E-state index in [1.54, 1.807) is 0 Å². The molecule has 3 N–H and O–H groups in total. The number of hydrazine groups is 1. The van der Waals surface area contributed by atoms with Crippen LogP contribution in [0.3, 0.4) is 0 Å². The van der Waals surface area contributed by atoms with Gasteiger partial charge in [0.25, 0.3) is 0 Å². The maximum atomic E-state index is 5.81. The molecule has 4 heteroatoms. The van der Waals surface area contributed by atoms with E-state index in [2.05, 4.69) is 17.7 Å². The molecule has 0 fully saturated rings. The summed E-state index contributed by atoms with van der Waals surface area (Å²) in [5.41, 5.74) is 4.01. The van der Waals surface area contributed by atoms with Gasteiger partial charge in [-0.25, -0.2) is 0 Å². The quantitative estimate of drug-likeness (QED) is 0.580. The second kappa shape index (κ2) is 7.58. The highest BCUT2D eigenvalue weighted by Crippen LogP contribution is 2.28. The number of hydrogen-bond acceptors (Lipinski definition) is 4. The predicted molar refractivity (Wildman–Crippen MR) is 75.3 cm³/mol.